The molecular formula is C21H17Cl3N2O4S. The number of benzene rings is 3. The van der Waals surface area contributed by atoms with Gasteiger partial charge in [-0.2, -0.15) is 0 Å². The highest BCUT2D eigenvalue weighted by Gasteiger charge is 2.19. The summed E-state index contributed by atoms with van der Waals surface area (Å²) in [5.74, 6) is -0.262. The van der Waals surface area contributed by atoms with Crippen molar-refractivity contribution in [3.63, 3.8) is 0 Å². The van der Waals surface area contributed by atoms with E-state index < -0.39 is 15.9 Å². The van der Waals surface area contributed by atoms with Crippen LogP contribution in [0.15, 0.2) is 65.6 Å². The molecule has 10 heteroatoms. The number of methoxy groups -OCH3 is 1. The number of anilines is 1. The van der Waals surface area contributed by atoms with Crippen molar-refractivity contribution in [2.75, 3.05) is 12.4 Å². The Labute approximate surface area is 195 Å². The molecule has 0 radical (unpaired) electrons. The minimum atomic E-state index is -3.90. The third-order valence-corrected chi connectivity index (χ3v) is 6.63. The van der Waals surface area contributed by atoms with Crippen LogP contribution in [0, 0.1) is 0 Å². The largest absolute Gasteiger partial charge is 0.495 e. The maximum atomic E-state index is 12.8. The average Bonchev–Trinajstić information content (AvgIpc) is 2.73. The molecule has 31 heavy (non-hydrogen) atoms. The van der Waals surface area contributed by atoms with Crippen molar-refractivity contribution in [2.45, 2.75) is 11.4 Å². The van der Waals surface area contributed by atoms with Crippen LogP contribution in [0.5, 0.6) is 5.75 Å². The fourth-order valence-electron chi connectivity index (χ4n) is 2.71. The second-order valence-electron chi connectivity index (χ2n) is 6.36. The summed E-state index contributed by atoms with van der Waals surface area (Å²) in [6.45, 7) is 0.0100. The Hall–Kier alpha value is -2.29. The van der Waals surface area contributed by atoms with E-state index >= 15 is 0 Å². The zero-order chi connectivity index (χ0) is 22.6. The van der Waals surface area contributed by atoms with Crippen LogP contribution >= 0.6 is 34.8 Å². The van der Waals surface area contributed by atoms with E-state index in [0.717, 1.165) is 0 Å². The molecule has 162 valence electrons. The maximum absolute atomic E-state index is 12.8. The first-order valence-corrected chi connectivity index (χ1v) is 11.5. The molecule has 6 nitrogen and oxygen atoms in total. The van der Waals surface area contributed by atoms with E-state index in [2.05, 4.69) is 10.0 Å². The van der Waals surface area contributed by atoms with E-state index in [9.17, 15) is 13.2 Å². The monoisotopic (exact) mass is 498 g/mol. The first-order chi connectivity index (χ1) is 14.7. The Bertz CT molecular complexity index is 1230. The standard InChI is InChI=1S/C21H17Cl3N2O4S/c1-30-20-9-7-15(31(28,29)25-12-13-4-2-3-5-17(13)23)11-19(20)26-21(27)16-8-6-14(22)10-18(16)24/h2-11,25H,12H2,1H3,(H,26,27). The minimum Gasteiger partial charge on any atom is -0.495 e. The van der Waals surface area contributed by atoms with E-state index in [1.54, 1.807) is 24.3 Å². The molecule has 0 fully saturated rings. The number of ether oxygens (including phenoxy) is 1. The van der Waals surface area contributed by atoms with Crippen molar-refractivity contribution in [1.82, 2.24) is 4.72 Å². The van der Waals surface area contributed by atoms with Crippen LogP contribution in [0.3, 0.4) is 0 Å². The van der Waals surface area contributed by atoms with Crippen LogP contribution < -0.4 is 14.8 Å². The number of sulfonamides is 1. The fourth-order valence-corrected chi connectivity index (χ4v) is 4.44. The number of hydrogen-bond acceptors (Lipinski definition) is 4. The van der Waals surface area contributed by atoms with Gasteiger partial charge in [0.1, 0.15) is 5.75 Å². The topological polar surface area (TPSA) is 84.5 Å². The minimum absolute atomic E-state index is 0.0100. The Morgan fingerprint density at radius 1 is 0.968 bits per heavy atom. The molecule has 0 saturated carbocycles. The molecule has 1 amide bonds. The second-order valence-corrected chi connectivity index (χ2v) is 9.37. The zero-order valence-corrected chi connectivity index (χ0v) is 19.2. The van der Waals surface area contributed by atoms with Crippen LogP contribution in [0.2, 0.25) is 15.1 Å². The van der Waals surface area contributed by atoms with Gasteiger partial charge in [-0.25, -0.2) is 13.1 Å². The predicted molar refractivity (Wildman–Crippen MR) is 123 cm³/mol. The molecule has 3 aromatic rings. The summed E-state index contributed by atoms with van der Waals surface area (Å²) < 4.78 is 33.3. The molecule has 0 aliphatic rings. The van der Waals surface area contributed by atoms with Crippen LogP contribution in [0.1, 0.15) is 15.9 Å². The molecular weight excluding hydrogens is 483 g/mol. The molecule has 3 rings (SSSR count). The highest BCUT2D eigenvalue weighted by atomic mass is 35.5. The van der Waals surface area contributed by atoms with Gasteiger partial charge in [-0.05, 0) is 48.0 Å². The Morgan fingerprint density at radius 2 is 1.71 bits per heavy atom. The Balaban J connectivity index is 1.85. The van der Waals surface area contributed by atoms with Crippen molar-refractivity contribution in [3.8, 4) is 5.75 Å². The van der Waals surface area contributed by atoms with Crippen LogP contribution in [0.25, 0.3) is 0 Å². The van der Waals surface area contributed by atoms with Crippen molar-refractivity contribution in [1.29, 1.82) is 0 Å². The van der Waals surface area contributed by atoms with Crippen LogP contribution in [-0.2, 0) is 16.6 Å². The highest BCUT2D eigenvalue weighted by molar-refractivity contribution is 7.89. The van der Waals surface area contributed by atoms with E-state index in [1.165, 1.54) is 43.5 Å². The number of carbonyl (C=O) groups is 1. The van der Waals surface area contributed by atoms with Gasteiger partial charge < -0.3 is 10.1 Å². The van der Waals surface area contributed by atoms with E-state index in [1.807, 2.05) is 0 Å². The van der Waals surface area contributed by atoms with Crippen molar-refractivity contribution < 1.29 is 17.9 Å². The second kappa shape index (κ2) is 9.89. The Kier molecular flexibility index (Phi) is 7.46. The van der Waals surface area contributed by atoms with Gasteiger partial charge in [-0.3, -0.25) is 4.79 Å². The maximum Gasteiger partial charge on any atom is 0.257 e. The lowest BCUT2D eigenvalue weighted by atomic mass is 10.2. The highest BCUT2D eigenvalue weighted by Crippen LogP contribution is 2.29. The molecule has 0 saturated heterocycles. The van der Waals surface area contributed by atoms with Gasteiger partial charge >= 0.3 is 0 Å². The molecule has 0 aliphatic heterocycles. The van der Waals surface area contributed by atoms with Gasteiger partial charge in [0.15, 0.2) is 0 Å². The van der Waals surface area contributed by atoms with Gasteiger partial charge in [0.05, 0.1) is 28.3 Å². The van der Waals surface area contributed by atoms with Gasteiger partial charge in [-0.1, -0.05) is 53.0 Å². The average molecular weight is 500 g/mol. The SMILES string of the molecule is COc1ccc(S(=O)(=O)NCc2ccccc2Cl)cc1NC(=O)c1ccc(Cl)cc1Cl. The molecule has 2 N–H and O–H groups in total. The van der Waals surface area contributed by atoms with Gasteiger partial charge in [0.25, 0.3) is 5.91 Å². The molecule has 0 atom stereocenters. The number of rotatable bonds is 7. The van der Waals surface area contributed by atoms with Gasteiger partial charge in [0.2, 0.25) is 10.0 Å². The zero-order valence-electron chi connectivity index (χ0n) is 16.2. The summed E-state index contributed by atoms with van der Waals surface area (Å²) in [6.07, 6.45) is 0. The molecule has 3 aromatic carbocycles. The molecule has 0 bridgehead atoms. The first-order valence-electron chi connectivity index (χ1n) is 8.89. The van der Waals surface area contributed by atoms with Crippen LogP contribution in [0.4, 0.5) is 5.69 Å². The lowest BCUT2D eigenvalue weighted by Gasteiger charge is -2.14. The van der Waals surface area contributed by atoms with E-state index in [4.69, 9.17) is 39.5 Å². The quantitative estimate of drug-likeness (QED) is 0.457. The van der Waals surface area contributed by atoms with E-state index in [-0.39, 0.29) is 33.5 Å². The number of carbonyl (C=O) groups excluding carboxylic acids is 1. The summed E-state index contributed by atoms with van der Waals surface area (Å²) >= 11 is 18.0. The fraction of sp³-hybridized carbons (Fsp3) is 0.0952. The normalized spacial score (nSPS) is 11.2. The summed E-state index contributed by atoms with van der Waals surface area (Å²) in [6, 6.07) is 15.5. The third kappa shape index (κ3) is 5.70. The number of nitrogens with one attached hydrogen (secondary N) is 2. The molecule has 0 aromatic heterocycles. The van der Waals surface area contributed by atoms with E-state index in [0.29, 0.717) is 15.6 Å². The third-order valence-electron chi connectivity index (χ3n) is 4.32. The summed E-state index contributed by atoms with van der Waals surface area (Å²) in [5, 5.41) is 3.63. The molecule has 0 heterocycles. The molecule has 0 spiro atoms. The Morgan fingerprint density at radius 3 is 2.39 bits per heavy atom. The van der Waals surface area contributed by atoms with Gasteiger partial charge in [-0.15, -0.1) is 0 Å². The lowest BCUT2D eigenvalue weighted by Crippen LogP contribution is -2.23. The summed E-state index contributed by atoms with van der Waals surface area (Å²) in [7, 11) is -2.49. The van der Waals surface area contributed by atoms with Crippen LogP contribution in [-0.4, -0.2) is 21.4 Å². The summed E-state index contributed by atoms with van der Waals surface area (Å²) in [4.78, 5) is 12.6. The number of hydrogen-bond donors (Lipinski definition) is 2. The van der Waals surface area contributed by atoms with Gasteiger partial charge in [0, 0.05) is 16.6 Å². The smallest absolute Gasteiger partial charge is 0.257 e. The lowest BCUT2D eigenvalue weighted by molar-refractivity contribution is 0.102. The molecule has 0 unspecified atom stereocenters. The van der Waals surface area contributed by atoms with Crippen molar-refractivity contribution in [3.05, 3.63) is 86.9 Å². The van der Waals surface area contributed by atoms with Crippen molar-refractivity contribution in [2.24, 2.45) is 0 Å². The van der Waals surface area contributed by atoms with Crippen molar-refractivity contribution >= 4 is 56.4 Å². The first kappa shape index (κ1) is 23.4. The molecule has 0 aliphatic carbocycles. The predicted octanol–water partition coefficient (Wildman–Crippen LogP) is 5.39. The summed E-state index contributed by atoms with van der Waals surface area (Å²) in [5.41, 5.74) is 0.976. The number of halogens is 3. The number of amides is 1.